The highest BCUT2D eigenvalue weighted by Gasteiger charge is 2.35. The van der Waals surface area contributed by atoms with Gasteiger partial charge in [0.1, 0.15) is 11.5 Å². The van der Waals surface area contributed by atoms with Crippen LogP contribution in [0, 0.1) is 10.1 Å². The fourth-order valence-electron chi connectivity index (χ4n) is 2.97. The highest BCUT2D eigenvalue weighted by atomic mass is 35.5. The summed E-state index contributed by atoms with van der Waals surface area (Å²) in [6.07, 6.45) is 1.46. The fourth-order valence-corrected chi connectivity index (χ4v) is 4.22. The summed E-state index contributed by atoms with van der Waals surface area (Å²) < 4.78 is 5.70. The molecular formula is C21H12Cl2N2O5S. The SMILES string of the molecule is O=C1S/C(=C\c2ccc(-c3cc([N+](=O)[O-])ccc3Cl)o2)C(=O)N1Cc1cccc(Cl)c1. The molecular weight excluding hydrogens is 463 g/mol. The van der Waals surface area contributed by atoms with Crippen molar-refractivity contribution in [2.75, 3.05) is 0 Å². The molecule has 0 atom stereocenters. The molecule has 1 saturated heterocycles. The van der Waals surface area contributed by atoms with Gasteiger partial charge in [-0.15, -0.1) is 0 Å². The molecule has 0 radical (unpaired) electrons. The Morgan fingerprint density at radius 2 is 1.90 bits per heavy atom. The lowest BCUT2D eigenvalue weighted by molar-refractivity contribution is -0.384. The molecule has 1 aliphatic rings. The predicted molar refractivity (Wildman–Crippen MR) is 119 cm³/mol. The predicted octanol–water partition coefficient (Wildman–Crippen LogP) is 6.40. The second-order valence-corrected chi connectivity index (χ2v) is 8.36. The van der Waals surface area contributed by atoms with E-state index in [0.29, 0.717) is 22.1 Å². The van der Waals surface area contributed by atoms with Gasteiger partial charge in [-0.2, -0.15) is 0 Å². The minimum atomic E-state index is -0.528. The number of amides is 2. The molecule has 3 aromatic rings. The van der Waals surface area contributed by atoms with E-state index in [9.17, 15) is 19.7 Å². The van der Waals surface area contributed by atoms with Gasteiger partial charge in [-0.1, -0.05) is 35.3 Å². The van der Waals surface area contributed by atoms with Crippen molar-refractivity contribution in [3.05, 3.63) is 91.0 Å². The average molecular weight is 475 g/mol. The summed E-state index contributed by atoms with van der Waals surface area (Å²) in [5.41, 5.74) is 0.959. The van der Waals surface area contributed by atoms with Crippen molar-refractivity contribution < 1.29 is 18.9 Å². The standard InChI is InChI=1S/C21H12Cl2N2O5S/c22-13-3-1-2-12(8-13)11-24-20(26)19(31-21(24)27)10-15-5-7-18(30-15)16-9-14(25(28)29)4-6-17(16)23/h1-10H,11H2/b19-10-. The number of carbonyl (C=O) groups excluding carboxylic acids is 2. The summed E-state index contributed by atoms with van der Waals surface area (Å²) in [4.78, 5) is 36.9. The quantitative estimate of drug-likeness (QED) is 0.241. The Labute approximate surface area is 190 Å². The van der Waals surface area contributed by atoms with E-state index in [1.807, 2.05) is 0 Å². The lowest BCUT2D eigenvalue weighted by Gasteiger charge is -2.12. The van der Waals surface area contributed by atoms with Gasteiger partial charge in [0, 0.05) is 28.8 Å². The maximum Gasteiger partial charge on any atom is 0.293 e. The van der Waals surface area contributed by atoms with E-state index >= 15 is 0 Å². The number of nitrogens with zero attached hydrogens (tertiary/aromatic N) is 2. The molecule has 0 saturated carbocycles. The maximum atomic E-state index is 12.7. The Morgan fingerprint density at radius 1 is 1.10 bits per heavy atom. The van der Waals surface area contributed by atoms with Crippen LogP contribution in [-0.2, 0) is 11.3 Å². The van der Waals surface area contributed by atoms with Crippen molar-refractivity contribution in [1.29, 1.82) is 0 Å². The van der Waals surface area contributed by atoms with Gasteiger partial charge < -0.3 is 4.42 Å². The number of nitro groups is 1. The molecule has 156 valence electrons. The monoisotopic (exact) mass is 474 g/mol. The summed E-state index contributed by atoms with van der Waals surface area (Å²) in [5.74, 6) is 0.172. The van der Waals surface area contributed by atoms with Crippen molar-refractivity contribution in [3.8, 4) is 11.3 Å². The first kappa shape index (κ1) is 21.2. The van der Waals surface area contributed by atoms with Crippen LogP contribution in [0.15, 0.2) is 63.9 Å². The first-order valence-corrected chi connectivity index (χ1v) is 10.4. The number of imide groups is 1. The van der Waals surface area contributed by atoms with Crippen molar-refractivity contribution in [2.45, 2.75) is 6.54 Å². The Hall–Kier alpha value is -3.07. The number of thioether (sulfide) groups is 1. The van der Waals surface area contributed by atoms with Crippen LogP contribution in [0.4, 0.5) is 10.5 Å². The lowest BCUT2D eigenvalue weighted by atomic mass is 10.1. The second kappa shape index (κ2) is 8.58. The molecule has 2 aromatic carbocycles. The Morgan fingerprint density at radius 3 is 2.65 bits per heavy atom. The molecule has 0 unspecified atom stereocenters. The second-order valence-electron chi connectivity index (χ2n) is 6.52. The summed E-state index contributed by atoms with van der Waals surface area (Å²) in [5, 5.41) is 11.4. The van der Waals surface area contributed by atoms with E-state index in [1.54, 1.807) is 36.4 Å². The number of hydrogen-bond donors (Lipinski definition) is 0. The van der Waals surface area contributed by atoms with E-state index < -0.39 is 16.1 Å². The molecule has 31 heavy (non-hydrogen) atoms. The molecule has 1 aliphatic heterocycles. The Kier molecular flexibility index (Phi) is 5.86. The summed E-state index contributed by atoms with van der Waals surface area (Å²) in [7, 11) is 0. The molecule has 1 fully saturated rings. The summed E-state index contributed by atoms with van der Waals surface area (Å²) in [6, 6.07) is 14.1. The van der Waals surface area contributed by atoms with Crippen molar-refractivity contribution in [2.24, 2.45) is 0 Å². The van der Waals surface area contributed by atoms with Gasteiger partial charge in [0.25, 0.3) is 16.8 Å². The van der Waals surface area contributed by atoms with Crippen molar-refractivity contribution in [1.82, 2.24) is 4.90 Å². The normalized spacial score (nSPS) is 15.2. The van der Waals surface area contributed by atoms with Gasteiger partial charge in [-0.05, 0) is 47.7 Å². The van der Waals surface area contributed by atoms with E-state index in [0.717, 1.165) is 22.2 Å². The van der Waals surface area contributed by atoms with E-state index in [1.165, 1.54) is 24.3 Å². The van der Waals surface area contributed by atoms with Gasteiger partial charge in [-0.25, -0.2) is 0 Å². The van der Waals surface area contributed by atoms with Gasteiger partial charge in [0.15, 0.2) is 0 Å². The molecule has 0 aliphatic carbocycles. The van der Waals surface area contributed by atoms with E-state index in [4.69, 9.17) is 27.6 Å². The Balaban J connectivity index is 1.57. The molecule has 1 aromatic heterocycles. The zero-order chi connectivity index (χ0) is 22.1. The van der Waals surface area contributed by atoms with Crippen molar-refractivity contribution >= 4 is 57.9 Å². The third-order valence-corrected chi connectivity index (χ3v) is 5.90. The zero-order valence-corrected chi connectivity index (χ0v) is 17.9. The summed E-state index contributed by atoms with van der Waals surface area (Å²) in [6.45, 7) is 0.106. The van der Waals surface area contributed by atoms with Crippen LogP contribution in [-0.4, -0.2) is 21.0 Å². The number of rotatable bonds is 5. The molecule has 2 amide bonds. The van der Waals surface area contributed by atoms with Gasteiger partial charge in [-0.3, -0.25) is 24.6 Å². The highest BCUT2D eigenvalue weighted by Crippen LogP contribution is 2.36. The lowest BCUT2D eigenvalue weighted by Crippen LogP contribution is -2.27. The maximum absolute atomic E-state index is 12.7. The molecule has 7 nitrogen and oxygen atoms in total. The minimum Gasteiger partial charge on any atom is -0.457 e. The third kappa shape index (κ3) is 4.51. The fraction of sp³-hybridized carbons (Fsp3) is 0.0476. The topological polar surface area (TPSA) is 93.7 Å². The Bertz CT molecular complexity index is 1250. The minimum absolute atomic E-state index is 0.106. The van der Waals surface area contributed by atoms with E-state index in [2.05, 4.69) is 0 Å². The molecule has 0 spiro atoms. The van der Waals surface area contributed by atoms with Gasteiger partial charge in [0.05, 0.1) is 21.4 Å². The first-order valence-electron chi connectivity index (χ1n) is 8.86. The van der Waals surface area contributed by atoms with Crippen molar-refractivity contribution in [3.63, 3.8) is 0 Å². The molecule has 0 N–H and O–H groups in total. The molecule has 2 heterocycles. The van der Waals surface area contributed by atoms with Crippen LogP contribution in [0.5, 0.6) is 0 Å². The molecule has 10 heteroatoms. The number of benzene rings is 2. The highest BCUT2D eigenvalue weighted by molar-refractivity contribution is 8.18. The number of carbonyl (C=O) groups is 2. The zero-order valence-electron chi connectivity index (χ0n) is 15.6. The van der Waals surface area contributed by atoms with Gasteiger partial charge >= 0.3 is 0 Å². The molecule has 4 rings (SSSR count). The average Bonchev–Trinajstić information content (AvgIpc) is 3.28. The number of nitro benzene ring substituents is 1. The summed E-state index contributed by atoms with van der Waals surface area (Å²) >= 11 is 12.9. The van der Waals surface area contributed by atoms with Crippen LogP contribution in [0.1, 0.15) is 11.3 Å². The first-order chi connectivity index (χ1) is 14.8. The molecule has 0 bridgehead atoms. The van der Waals surface area contributed by atoms with Crippen LogP contribution < -0.4 is 0 Å². The van der Waals surface area contributed by atoms with Gasteiger partial charge in [0.2, 0.25) is 0 Å². The van der Waals surface area contributed by atoms with Crippen LogP contribution in [0.2, 0.25) is 10.0 Å². The van der Waals surface area contributed by atoms with Crippen LogP contribution in [0.3, 0.4) is 0 Å². The van der Waals surface area contributed by atoms with E-state index in [-0.39, 0.29) is 22.2 Å². The smallest absolute Gasteiger partial charge is 0.293 e. The largest absolute Gasteiger partial charge is 0.457 e. The number of furan rings is 1. The number of non-ortho nitro benzene ring substituents is 1. The van der Waals surface area contributed by atoms with Crippen LogP contribution >= 0.6 is 35.0 Å². The van der Waals surface area contributed by atoms with Crippen LogP contribution in [0.25, 0.3) is 17.4 Å². The third-order valence-electron chi connectivity index (χ3n) is 4.43. The number of halogens is 2. The number of hydrogen-bond acceptors (Lipinski definition) is 6.